The van der Waals surface area contributed by atoms with Gasteiger partial charge in [-0.15, -0.1) is 0 Å². The molecule has 0 aliphatic heterocycles. The fourth-order valence-electron chi connectivity index (χ4n) is 1.46. The molecular weight excluding hydrogens is 230 g/mol. The van der Waals surface area contributed by atoms with E-state index in [1.807, 2.05) is 25.1 Å². The van der Waals surface area contributed by atoms with Gasteiger partial charge in [0, 0.05) is 11.3 Å². The monoisotopic (exact) mass is 245 g/mol. The lowest BCUT2D eigenvalue weighted by molar-refractivity contribution is -0.117. The molecule has 1 aromatic heterocycles. The number of anilines is 1. The maximum atomic E-state index is 11.5. The maximum Gasteiger partial charge on any atom is 0.240 e. The van der Waals surface area contributed by atoms with E-state index >= 15 is 0 Å². The SMILES string of the molecule is Cc1nc(-c2cccc(NC(=O)[C@H](C)N)c2)n[nH]1. The molecule has 0 fully saturated rings. The van der Waals surface area contributed by atoms with Crippen LogP contribution in [0, 0.1) is 6.92 Å². The molecule has 0 unspecified atom stereocenters. The highest BCUT2D eigenvalue weighted by atomic mass is 16.2. The standard InChI is InChI=1S/C12H15N5O/c1-7(13)12(18)15-10-5-3-4-9(6-10)11-14-8(2)16-17-11/h3-7H,13H2,1-2H3,(H,15,18)(H,14,16,17)/t7-/m0/s1. The van der Waals surface area contributed by atoms with Crippen LogP contribution in [0.5, 0.6) is 0 Å². The molecule has 0 aliphatic carbocycles. The number of hydrogen-bond acceptors (Lipinski definition) is 4. The van der Waals surface area contributed by atoms with Crippen molar-refractivity contribution in [3.63, 3.8) is 0 Å². The predicted octanol–water partition coefficient (Wildman–Crippen LogP) is 1.07. The van der Waals surface area contributed by atoms with Gasteiger partial charge in [-0.3, -0.25) is 9.89 Å². The van der Waals surface area contributed by atoms with Crippen molar-refractivity contribution in [3.05, 3.63) is 30.1 Å². The number of benzene rings is 1. The lowest BCUT2D eigenvalue weighted by Gasteiger charge is -2.08. The molecule has 0 saturated heterocycles. The Hall–Kier alpha value is -2.21. The number of aromatic amines is 1. The third-order valence-electron chi connectivity index (χ3n) is 2.40. The van der Waals surface area contributed by atoms with E-state index in [-0.39, 0.29) is 5.91 Å². The van der Waals surface area contributed by atoms with Crippen LogP contribution in [-0.2, 0) is 4.79 Å². The van der Waals surface area contributed by atoms with Crippen LogP contribution in [0.3, 0.4) is 0 Å². The van der Waals surface area contributed by atoms with E-state index in [0.717, 1.165) is 11.4 Å². The zero-order valence-corrected chi connectivity index (χ0v) is 10.3. The summed E-state index contributed by atoms with van der Waals surface area (Å²) < 4.78 is 0. The Balaban J connectivity index is 2.23. The molecule has 6 nitrogen and oxygen atoms in total. The summed E-state index contributed by atoms with van der Waals surface area (Å²) in [5.74, 6) is 1.12. The number of amides is 1. The Labute approximate surface area is 105 Å². The summed E-state index contributed by atoms with van der Waals surface area (Å²) in [6.45, 7) is 3.47. The number of aryl methyl sites for hydroxylation is 1. The predicted molar refractivity (Wildman–Crippen MR) is 68.8 cm³/mol. The van der Waals surface area contributed by atoms with Gasteiger partial charge in [-0.25, -0.2) is 4.98 Å². The van der Waals surface area contributed by atoms with E-state index in [0.29, 0.717) is 11.5 Å². The zero-order valence-electron chi connectivity index (χ0n) is 10.3. The first kappa shape index (κ1) is 12.3. The topological polar surface area (TPSA) is 96.7 Å². The molecule has 1 aromatic carbocycles. The van der Waals surface area contributed by atoms with Crippen molar-refractivity contribution in [2.75, 3.05) is 5.32 Å². The number of carbonyl (C=O) groups excluding carboxylic acids is 1. The van der Waals surface area contributed by atoms with Crippen LogP contribution < -0.4 is 11.1 Å². The van der Waals surface area contributed by atoms with Crippen LogP contribution in [0.1, 0.15) is 12.7 Å². The van der Waals surface area contributed by atoms with E-state index in [9.17, 15) is 4.79 Å². The van der Waals surface area contributed by atoms with Crippen LogP contribution in [0.25, 0.3) is 11.4 Å². The molecule has 4 N–H and O–H groups in total. The van der Waals surface area contributed by atoms with Gasteiger partial charge in [-0.05, 0) is 26.0 Å². The highest BCUT2D eigenvalue weighted by Gasteiger charge is 2.09. The van der Waals surface area contributed by atoms with Gasteiger partial charge in [0.15, 0.2) is 5.82 Å². The molecule has 0 saturated carbocycles. The number of H-pyrrole nitrogens is 1. The van der Waals surface area contributed by atoms with Crippen LogP contribution in [0.15, 0.2) is 24.3 Å². The van der Waals surface area contributed by atoms with Gasteiger partial charge in [0.25, 0.3) is 0 Å². The number of nitrogens with zero attached hydrogens (tertiary/aromatic N) is 2. The van der Waals surface area contributed by atoms with Gasteiger partial charge >= 0.3 is 0 Å². The fourth-order valence-corrected chi connectivity index (χ4v) is 1.46. The number of nitrogens with one attached hydrogen (secondary N) is 2. The second kappa shape index (κ2) is 4.97. The molecule has 0 aliphatic rings. The molecule has 94 valence electrons. The average Bonchev–Trinajstić information content (AvgIpc) is 2.76. The molecule has 1 atom stereocenters. The van der Waals surface area contributed by atoms with Gasteiger partial charge in [0.2, 0.25) is 5.91 Å². The van der Waals surface area contributed by atoms with E-state index in [1.54, 1.807) is 13.0 Å². The summed E-state index contributed by atoms with van der Waals surface area (Å²) in [4.78, 5) is 15.7. The first-order valence-corrected chi connectivity index (χ1v) is 5.62. The number of carbonyl (C=O) groups is 1. The summed E-state index contributed by atoms with van der Waals surface area (Å²) in [5, 5.41) is 9.57. The van der Waals surface area contributed by atoms with Crippen LogP contribution in [-0.4, -0.2) is 27.1 Å². The van der Waals surface area contributed by atoms with Gasteiger partial charge in [0.05, 0.1) is 6.04 Å². The molecule has 1 heterocycles. The first-order chi connectivity index (χ1) is 8.56. The third-order valence-corrected chi connectivity index (χ3v) is 2.40. The molecule has 18 heavy (non-hydrogen) atoms. The van der Waals surface area contributed by atoms with E-state index in [2.05, 4.69) is 20.5 Å². The first-order valence-electron chi connectivity index (χ1n) is 5.62. The quantitative estimate of drug-likeness (QED) is 0.753. The van der Waals surface area contributed by atoms with E-state index in [1.165, 1.54) is 0 Å². The smallest absolute Gasteiger partial charge is 0.240 e. The molecule has 2 aromatic rings. The number of nitrogens with two attached hydrogens (primary N) is 1. The van der Waals surface area contributed by atoms with Crippen LogP contribution in [0.4, 0.5) is 5.69 Å². The number of hydrogen-bond donors (Lipinski definition) is 3. The molecule has 0 bridgehead atoms. The lowest BCUT2D eigenvalue weighted by Crippen LogP contribution is -2.32. The fraction of sp³-hybridized carbons (Fsp3) is 0.250. The highest BCUT2D eigenvalue weighted by molar-refractivity contribution is 5.94. The Morgan fingerprint density at radius 2 is 2.28 bits per heavy atom. The summed E-state index contributed by atoms with van der Waals surface area (Å²) in [6, 6.07) is 6.77. The van der Waals surface area contributed by atoms with Gasteiger partial charge in [-0.2, -0.15) is 5.10 Å². The van der Waals surface area contributed by atoms with Crippen molar-refractivity contribution in [3.8, 4) is 11.4 Å². The van der Waals surface area contributed by atoms with Crippen molar-refractivity contribution in [2.45, 2.75) is 19.9 Å². The van der Waals surface area contributed by atoms with Crippen molar-refractivity contribution < 1.29 is 4.79 Å². The molecule has 0 radical (unpaired) electrons. The Kier molecular flexibility index (Phi) is 3.38. The molecule has 2 rings (SSSR count). The molecule has 0 spiro atoms. The summed E-state index contributed by atoms with van der Waals surface area (Å²) in [6.07, 6.45) is 0. The average molecular weight is 245 g/mol. The Morgan fingerprint density at radius 3 is 2.89 bits per heavy atom. The Morgan fingerprint density at radius 1 is 1.50 bits per heavy atom. The molecule has 6 heteroatoms. The van der Waals surface area contributed by atoms with Crippen molar-refractivity contribution in [2.24, 2.45) is 5.73 Å². The second-order valence-corrected chi connectivity index (χ2v) is 4.10. The van der Waals surface area contributed by atoms with Crippen LogP contribution >= 0.6 is 0 Å². The molecule has 1 amide bonds. The number of aromatic nitrogens is 3. The van der Waals surface area contributed by atoms with Gasteiger partial charge in [-0.1, -0.05) is 12.1 Å². The summed E-state index contributed by atoms with van der Waals surface area (Å²) in [7, 11) is 0. The minimum atomic E-state index is -0.542. The largest absolute Gasteiger partial charge is 0.325 e. The van der Waals surface area contributed by atoms with Crippen LogP contribution in [0.2, 0.25) is 0 Å². The van der Waals surface area contributed by atoms with Crippen molar-refractivity contribution in [1.29, 1.82) is 0 Å². The van der Waals surface area contributed by atoms with Crippen molar-refractivity contribution in [1.82, 2.24) is 15.2 Å². The normalized spacial score (nSPS) is 12.2. The number of rotatable bonds is 3. The highest BCUT2D eigenvalue weighted by Crippen LogP contribution is 2.19. The summed E-state index contributed by atoms with van der Waals surface area (Å²) in [5.41, 5.74) is 7.01. The summed E-state index contributed by atoms with van der Waals surface area (Å²) >= 11 is 0. The van der Waals surface area contributed by atoms with Gasteiger partial charge in [0.1, 0.15) is 5.82 Å². The maximum absolute atomic E-state index is 11.5. The lowest BCUT2D eigenvalue weighted by atomic mass is 10.2. The zero-order chi connectivity index (χ0) is 13.1. The minimum absolute atomic E-state index is 0.224. The van der Waals surface area contributed by atoms with Gasteiger partial charge < -0.3 is 11.1 Å². The third kappa shape index (κ3) is 2.72. The van der Waals surface area contributed by atoms with Crippen molar-refractivity contribution >= 4 is 11.6 Å². The van der Waals surface area contributed by atoms with E-state index in [4.69, 9.17) is 5.73 Å². The second-order valence-electron chi connectivity index (χ2n) is 4.10. The molecular formula is C12H15N5O. The minimum Gasteiger partial charge on any atom is -0.325 e. The Bertz CT molecular complexity index is 561. The van der Waals surface area contributed by atoms with E-state index < -0.39 is 6.04 Å².